The van der Waals surface area contributed by atoms with Gasteiger partial charge in [0.15, 0.2) is 5.16 Å². The number of hydrogen-bond donors (Lipinski definition) is 1. The third kappa shape index (κ3) is 4.02. The number of aromatic hydroxyl groups is 1. The number of nitrogens with zero attached hydrogens (tertiary/aromatic N) is 3. The van der Waals surface area contributed by atoms with Gasteiger partial charge >= 0.3 is 0 Å². The number of amides is 1. The Kier molecular flexibility index (Phi) is 5.40. The molecule has 1 amide bonds. The quantitative estimate of drug-likeness (QED) is 0.651. The molecule has 0 spiro atoms. The number of rotatable bonds is 4. The van der Waals surface area contributed by atoms with Gasteiger partial charge in [-0.15, -0.1) is 0 Å². The molecule has 25 heavy (non-hydrogen) atoms. The van der Waals surface area contributed by atoms with Crippen LogP contribution in [0.1, 0.15) is 5.56 Å². The maximum atomic E-state index is 12.4. The lowest BCUT2D eigenvalue weighted by Gasteiger charge is -2.26. The molecule has 0 unspecified atom stereocenters. The largest absolute Gasteiger partial charge is 0.493 e. The second kappa shape index (κ2) is 7.71. The van der Waals surface area contributed by atoms with E-state index in [1.807, 2.05) is 31.2 Å². The molecule has 1 aromatic carbocycles. The van der Waals surface area contributed by atoms with Crippen LogP contribution in [0.5, 0.6) is 5.88 Å². The first kappa shape index (κ1) is 17.5. The minimum absolute atomic E-state index is 0.0396. The highest BCUT2D eigenvalue weighted by Gasteiger charge is 2.19. The van der Waals surface area contributed by atoms with Crippen molar-refractivity contribution in [3.8, 4) is 11.6 Å². The van der Waals surface area contributed by atoms with Crippen LogP contribution >= 0.6 is 11.8 Å². The molecule has 0 aliphatic carbocycles. The Labute approximate surface area is 149 Å². The van der Waals surface area contributed by atoms with Crippen molar-refractivity contribution in [3.63, 3.8) is 0 Å². The Bertz CT molecular complexity index is 831. The van der Waals surface area contributed by atoms with E-state index >= 15 is 0 Å². The number of para-hydroxylation sites is 1. The van der Waals surface area contributed by atoms with Crippen LogP contribution in [0.3, 0.4) is 0 Å². The smallest absolute Gasteiger partial charge is 0.262 e. The molecular formula is C17H19N3O4S. The van der Waals surface area contributed by atoms with E-state index in [0.717, 1.165) is 23.4 Å². The Hall–Kier alpha value is -2.32. The summed E-state index contributed by atoms with van der Waals surface area (Å²) in [5, 5.41) is 9.99. The summed E-state index contributed by atoms with van der Waals surface area (Å²) in [6.07, 6.45) is 0. The lowest BCUT2D eigenvalue weighted by Crippen LogP contribution is -2.41. The Morgan fingerprint density at radius 2 is 2.04 bits per heavy atom. The topological polar surface area (TPSA) is 84.7 Å². The number of carbonyl (C=O) groups excluding carboxylic acids is 1. The molecule has 1 N–H and O–H groups in total. The molecule has 7 nitrogen and oxygen atoms in total. The van der Waals surface area contributed by atoms with Crippen molar-refractivity contribution in [2.75, 3.05) is 32.1 Å². The predicted molar refractivity (Wildman–Crippen MR) is 94.4 cm³/mol. The minimum atomic E-state index is -0.386. The average molecular weight is 361 g/mol. The Morgan fingerprint density at radius 1 is 1.32 bits per heavy atom. The van der Waals surface area contributed by atoms with Crippen molar-refractivity contribution in [1.82, 2.24) is 14.5 Å². The van der Waals surface area contributed by atoms with E-state index in [1.165, 1.54) is 4.57 Å². The number of benzene rings is 1. The maximum Gasteiger partial charge on any atom is 0.262 e. The molecule has 1 aromatic heterocycles. The van der Waals surface area contributed by atoms with Crippen LogP contribution in [0, 0.1) is 6.92 Å². The van der Waals surface area contributed by atoms with Gasteiger partial charge in [-0.3, -0.25) is 14.2 Å². The molecule has 1 aliphatic rings. The molecule has 0 atom stereocenters. The van der Waals surface area contributed by atoms with Crippen LogP contribution < -0.4 is 5.56 Å². The van der Waals surface area contributed by atoms with E-state index in [9.17, 15) is 14.7 Å². The minimum Gasteiger partial charge on any atom is -0.493 e. The zero-order valence-electron chi connectivity index (χ0n) is 13.8. The summed E-state index contributed by atoms with van der Waals surface area (Å²) in [6, 6.07) is 8.48. The fraction of sp³-hybridized carbons (Fsp3) is 0.353. The number of aromatic nitrogens is 2. The lowest BCUT2D eigenvalue weighted by atomic mass is 10.2. The van der Waals surface area contributed by atoms with Crippen molar-refractivity contribution < 1.29 is 14.6 Å². The first-order valence-electron chi connectivity index (χ1n) is 7.93. The predicted octanol–water partition coefficient (Wildman–Crippen LogP) is 1.20. The second-order valence-corrected chi connectivity index (χ2v) is 6.58. The molecule has 132 valence electrons. The molecule has 0 saturated carbocycles. The van der Waals surface area contributed by atoms with E-state index in [0.29, 0.717) is 37.1 Å². The summed E-state index contributed by atoms with van der Waals surface area (Å²) >= 11 is 1.14. The monoisotopic (exact) mass is 361 g/mol. The zero-order chi connectivity index (χ0) is 17.8. The van der Waals surface area contributed by atoms with Crippen LogP contribution in [0.2, 0.25) is 0 Å². The summed E-state index contributed by atoms with van der Waals surface area (Å²) in [4.78, 5) is 30.5. The summed E-state index contributed by atoms with van der Waals surface area (Å²) < 4.78 is 6.67. The highest BCUT2D eigenvalue weighted by atomic mass is 32.2. The SMILES string of the molecule is Cc1ccccc1-n1c(SCC(=O)N2CCOCC2)nc(O)cc1=O. The summed E-state index contributed by atoms with van der Waals surface area (Å²) in [6.45, 7) is 4.10. The van der Waals surface area contributed by atoms with Crippen LogP contribution in [-0.2, 0) is 9.53 Å². The second-order valence-electron chi connectivity index (χ2n) is 5.64. The molecule has 0 bridgehead atoms. The first-order valence-corrected chi connectivity index (χ1v) is 8.92. The van der Waals surface area contributed by atoms with Crippen LogP contribution in [0.15, 0.2) is 40.3 Å². The van der Waals surface area contributed by atoms with Crippen LogP contribution in [0.4, 0.5) is 0 Å². The number of thioether (sulfide) groups is 1. The molecule has 0 radical (unpaired) electrons. The van der Waals surface area contributed by atoms with Gasteiger partial charge < -0.3 is 14.7 Å². The van der Waals surface area contributed by atoms with Crippen LogP contribution in [0.25, 0.3) is 5.69 Å². The van der Waals surface area contributed by atoms with Gasteiger partial charge in [-0.05, 0) is 18.6 Å². The van der Waals surface area contributed by atoms with E-state index in [-0.39, 0.29) is 23.1 Å². The maximum absolute atomic E-state index is 12.4. The van der Waals surface area contributed by atoms with Crippen molar-refractivity contribution in [2.24, 2.45) is 0 Å². The molecule has 2 aromatic rings. The highest BCUT2D eigenvalue weighted by molar-refractivity contribution is 7.99. The number of ether oxygens (including phenoxy) is 1. The van der Waals surface area contributed by atoms with Gasteiger partial charge in [0, 0.05) is 13.1 Å². The van der Waals surface area contributed by atoms with Crippen molar-refractivity contribution >= 4 is 17.7 Å². The summed E-state index contributed by atoms with van der Waals surface area (Å²) in [7, 11) is 0. The van der Waals surface area contributed by atoms with Gasteiger partial charge in [-0.2, -0.15) is 4.98 Å². The Morgan fingerprint density at radius 3 is 2.76 bits per heavy atom. The van der Waals surface area contributed by atoms with Gasteiger partial charge in [-0.1, -0.05) is 30.0 Å². The van der Waals surface area contributed by atoms with E-state index < -0.39 is 0 Å². The van der Waals surface area contributed by atoms with Crippen LogP contribution in [-0.4, -0.2) is 57.5 Å². The molecule has 2 heterocycles. The van der Waals surface area contributed by atoms with Gasteiger partial charge in [-0.25, -0.2) is 0 Å². The normalized spacial score (nSPS) is 14.5. The summed E-state index contributed by atoms with van der Waals surface area (Å²) in [5.74, 6) is -0.250. The fourth-order valence-electron chi connectivity index (χ4n) is 2.61. The Balaban J connectivity index is 1.87. The van der Waals surface area contributed by atoms with Crippen molar-refractivity contribution in [2.45, 2.75) is 12.1 Å². The van der Waals surface area contributed by atoms with Gasteiger partial charge in [0.05, 0.1) is 30.7 Å². The first-order chi connectivity index (χ1) is 12.1. The molecular weight excluding hydrogens is 342 g/mol. The van der Waals surface area contributed by atoms with Gasteiger partial charge in [0.25, 0.3) is 5.56 Å². The third-order valence-electron chi connectivity index (χ3n) is 3.92. The van der Waals surface area contributed by atoms with Crippen molar-refractivity contribution in [1.29, 1.82) is 0 Å². The molecule has 3 rings (SSSR count). The van der Waals surface area contributed by atoms with Gasteiger partial charge in [0.1, 0.15) is 0 Å². The summed E-state index contributed by atoms with van der Waals surface area (Å²) in [5.41, 5.74) is 1.20. The molecule has 1 fully saturated rings. The average Bonchev–Trinajstić information content (AvgIpc) is 2.61. The molecule has 1 saturated heterocycles. The number of carbonyl (C=O) groups is 1. The van der Waals surface area contributed by atoms with E-state index in [1.54, 1.807) is 4.90 Å². The lowest BCUT2D eigenvalue weighted by molar-refractivity contribution is -0.132. The fourth-order valence-corrected chi connectivity index (χ4v) is 3.52. The van der Waals surface area contributed by atoms with E-state index in [2.05, 4.69) is 4.98 Å². The number of morpholine rings is 1. The standard InChI is InChI=1S/C17H19N3O4S/c1-12-4-2-3-5-13(12)20-15(22)10-14(21)18-17(20)25-11-16(23)19-6-8-24-9-7-19/h2-5,10,21H,6-9,11H2,1H3. The molecule has 1 aliphatic heterocycles. The zero-order valence-corrected chi connectivity index (χ0v) is 14.7. The van der Waals surface area contributed by atoms with Gasteiger partial charge in [0.2, 0.25) is 11.8 Å². The third-order valence-corrected chi connectivity index (χ3v) is 4.84. The highest BCUT2D eigenvalue weighted by Crippen LogP contribution is 2.22. The van der Waals surface area contributed by atoms with E-state index in [4.69, 9.17) is 4.74 Å². The van der Waals surface area contributed by atoms with Crippen molar-refractivity contribution in [3.05, 3.63) is 46.2 Å². The number of aryl methyl sites for hydroxylation is 1. The molecule has 8 heteroatoms. The number of hydrogen-bond acceptors (Lipinski definition) is 6.